The van der Waals surface area contributed by atoms with Gasteiger partial charge in [-0.25, -0.2) is 18.0 Å². The van der Waals surface area contributed by atoms with Crippen LogP contribution in [0, 0.1) is 11.7 Å². The molecule has 1 N–H and O–H groups in total. The first-order valence-corrected chi connectivity index (χ1v) is 8.09. The van der Waals surface area contributed by atoms with Crippen molar-refractivity contribution in [2.75, 3.05) is 0 Å². The Morgan fingerprint density at radius 2 is 2.04 bits per heavy atom. The normalized spacial score (nSPS) is 18.2. The highest BCUT2D eigenvalue weighted by atomic mass is 35.5. The molecule has 1 aliphatic rings. The molecule has 0 radical (unpaired) electrons. The summed E-state index contributed by atoms with van der Waals surface area (Å²) < 4.78 is 42.0. The van der Waals surface area contributed by atoms with Crippen LogP contribution in [0.2, 0.25) is 5.02 Å². The third-order valence-corrected chi connectivity index (χ3v) is 4.85. The Labute approximate surface area is 150 Å². The van der Waals surface area contributed by atoms with Crippen molar-refractivity contribution in [1.29, 1.82) is 0 Å². The van der Waals surface area contributed by atoms with Crippen molar-refractivity contribution >= 4 is 23.2 Å². The topological polar surface area (TPSA) is 67.5 Å². The minimum Gasteiger partial charge on any atom is -0.478 e. The van der Waals surface area contributed by atoms with Gasteiger partial charge in [-0.2, -0.15) is 0 Å². The van der Waals surface area contributed by atoms with E-state index in [1.807, 2.05) is 0 Å². The zero-order valence-corrected chi connectivity index (χ0v) is 13.8. The number of carboxylic acids is 1. The zero-order valence-electron chi connectivity index (χ0n) is 13.1. The number of hydrogen-bond donors (Lipinski definition) is 1. The molecule has 134 valence electrons. The number of nitrogens with zero attached hydrogens (tertiary/aromatic N) is 3. The van der Waals surface area contributed by atoms with Crippen molar-refractivity contribution in [3.8, 4) is 11.1 Å². The molecule has 1 aromatic carbocycles. The van der Waals surface area contributed by atoms with Crippen molar-refractivity contribution in [2.45, 2.75) is 18.8 Å². The fourth-order valence-corrected chi connectivity index (χ4v) is 3.19. The highest BCUT2D eigenvalue weighted by molar-refractivity contribution is 6.36. The van der Waals surface area contributed by atoms with Gasteiger partial charge in [0.1, 0.15) is 11.6 Å². The second-order valence-electron chi connectivity index (χ2n) is 6.22. The predicted molar refractivity (Wildman–Crippen MR) is 87.1 cm³/mol. The number of alkyl halides is 2. The largest absolute Gasteiger partial charge is 0.478 e. The van der Waals surface area contributed by atoms with E-state index in [1.165, 1.54) is 28.8 Å². The molecule has 0 aliphatic heterocycles. The van der Waals surface area contributed by atoms with E-state index in [4.69, 9.17) is 16.7 Å². The second-order valence-corrected chi connectivity index (χ2v) is 6.60. The molecular weight excluding hydrogens is 371 g/mol. The van der Waals surface area contributed by atoms with Gasteiger partial charge in [0.15, 0.2) is 5.65 Å². The summed E-state index contributed by atoms with van der Waals surface area (Å²) in [6.45, 7) is 0. The average molecular weight is 382 g/mol. The van der Waals surface area contributed by atoms with Crippen LogP contribution in [0.4, 0.5) is 13.2 Å². The summed E-state index contributed by atoms with van der Waals surface area (Å²) in [4.78, 5) is 10.9. The van der Waals surface area contributed by atoms with E-state index in [0.29, 0.717) is 11.4 Å². The van der Waals surface area contributed by atoms with Gasteiger partial charge in [-0.3, -0.25) is 4.40 Å². The molecule has 1 saturated carbocycles. The van der Waals surface area contributed by atoms with Crippen molar-refractivity contribution < 1.29 is 23.1 Å². The van der Waals surface area contributed by atoms with Gasteiger partial charge < -0.3 is 5.11 Å². The fourth-order valence-electron chi connectivity index (χ4n) is 2.90. The minimum absolute atomic E-state index is 0.0749. The predicted octanol–water partition coefficient (Wildman–Crippen LogP) is 4.08. The van der Waals surface area contributed by atoms with Crippen LogP contribution in [0.15, 0.2) is 30.5 Å². The number of carboxylic acid groups (broad SMARTS) is 1. The van der Waals surface area contributed by atoms with Crippen molar-refractivity contribution in [1.82, 2.24) is 14.6 Å². The first kappa shape index (κ1) is 16.8. The number of aromatic nitrogens is 3. The van der Waals surface area contributed by atoms with Gasteiger partial charge in [0, 0.05) is 36.1 Å². The molecule has 0 spiro atoms. The maximum atomic E-state index is 14.3. The van der Waals surface area contributed by atoms with Gasteiger partial charge in [0.2, 0.25) is 0 Å². The Balaban J connectivity index is 1.74. The van der Waals surface area contributed by atoms with Crippen LogP contribution in [0.3, 0.4) is 0 Å². The molecule has 1 unspecified atom stereocenters. The standard InChI is InChI=1S/C17H11ClF3N3O2/c18-14-11(10-2-1-8(16(25)26)5-12(10)19)3-4-24-13(22-23-15(14)24)6-9-7-17(9,20)21/h1-5,9H,6-7H2,(H,25,26). The molecule has 2 heterocycles. The highest BCUT2D eigenvalue weighted by Crippen LogP contribution is 2.50. The zero-order chi connectivity index (χ0) is 18.6. The molecule has 0 saturated heterocycles. The molecule has 3 aromatic rings. The number of hydrogen-bond acceptors (Lipinski definition) is 3. The summed E-state index contributed by atoms with van der Waals surface area (Å²) in [5.41, 5.74) is 0.466. The summed E-state index contributed by atoms with van der Waals surface area (Å²) in [5.74, 6) is -5.04. The van der Waals surface area contributed by atoms with Crippen LogP contribution in [-0.2, 0) is 6.42 Å². The van der Waals surface area contributed by atoms with Crippen molar-refractivity contribution in [2.24, 2.45) is 5.92 Å². The number of aromatic carboxylic acids is 1. The molecule has 1 aliphatic carbocycles. The van der Waals surface area contributed by atoms with E-state index in [-0.39, 0.29) is 34.6 Å². The Morgan fingerprint density at radius 1 is 1.31 bits per heavy atom. The third kappa shape index (κ3) is 2.70. The van der Waals surface area contributed by atoms with E-state index >= 15 is 0 Å². The average Bonchev–Trinajstić information content (AvgIpc) is 2.99. The lowest BCUT2D eigenvalue weighted by Gasteiger charge is -2.08. The molecular formula is C17H11ClF3N3O2. The minimum atomic E-state index is -2.66. The molecule has 0 bridgehead atoms. The molecule has 1 atom stereocenters. The van der Waals surface area contributed by atoms with Crippen LogP contribution in [0.1, 0.15) is 22.6 Å². The molecule has 0 amide bonds. The van der Waals surface area contributed by atoms with Gasteiger partial charge in [-0.15, -0.1) is 10.2 Å². The summed E-state index contributed by atoms with van der Waals surface area (Å²) in [5, 5.41) is 16.9. The van der Waals surface area contributed by atoms with Crippen LogP contribution in [0.25, 0.3) is 16.8 Å². The monoisotopic (exact) mass is 381 g/mol. The Kier molecular flexibility index (Phi) is 3.69. The molecule has 5 nitrogen and oxygen atoms in total. The summed E-state index contributed by atoms with van der Waals surface area (Å²) in [6, 6.07) is 5.01. The number of carbonyl (C=O) groups is 1. The van der Waals surface area contributed by atoms with Crippen LogP contribution in [0.5, 0.6) is 0 Å². The third-order valence-electron chi connectivity index (χ3n) is 4.48. The van der Waals surface area contributed by atoms with E-state index in [9.17, 15) is 18.0 Å². The number of pyridine rings is 1. The van der Waals surface area contributed by atoms with E-state index in [2.05, 4.69) is 10.2 Å². The summed E-state index contributed by atoms with van der Waals surface area (Å²) in [6.07, 6.45) is 1.44. The van der Waals surface area contributed by atoms with E-state index in [0.717, 1.165) is 6.07 Å². The van der Waals surface area contributed by atoms with Gasteiger partial charge in [-0.05, 0) is 18.2 Å². The maximum absolute atomic E-state index is 14.3. The SMILES string of the molecule is O=C(O)c1ccc(-c2ccn3c(CC4CC4(F)F)nnc3c2Cl)c(F)c1. The molecule has 4 rings (SSSR count). The lowest BCUT2D eigenvalue weighted by molar-refractivity contribution is 0.0696. The number of fused-ring (bicyclic) bond motifs is 1. The number of halogens is 4. The first-order chi connectivity index (χ1) is 12.3. The van der Waals surface area contributed by atoms with Gasteiger partial charge in [0.25, 0.3) is 5.92 Å². The smallest absolute Gasteiger partial charge is 0.335 e. The Morgan fingerprint density at radius 3 is 2.65 bits per heavy atom. The lowest BCUT2D eigenvalue weighted by Crippen LogP contribution is -2.02. The molecule has 26 heavy (non-hydrogen) atoms. The van der Waals surface area contributed by atoms with Crippen LogP contribution in [-0.4, -0.2) is 31.6 Å². The fraction of sp³-hybridized carbons (Fsp3) is 0.235. The van der Waals surface area contributed by atoms with Gasteiger partial charge >= 0.3 is 5.97 Å². The van der Waals surface area contributed by atoms with Crippen LogP contribution < -0.4 is 0 Å². The quantitative estimate of drug-likeness (QED) is 0.739. The second kappa shape index (κ2) is 5.70. The summed E-state index contributed by atoms with van der Waals surface area (Å²) in [7, 11) is 0. The maximum Gasteiger partial charge on any atom is 0.335 e. The van der Waals surface area contributed by atoms with E-state index in [1.54, 1.807) is 0 Å². The number of rotatable bonds is 4. The Hall–Kier alpha value is -2.61. The highest BCUT2D eigenvalue weighted by Gasteiger charge is 2.56. The lowest BCUT2D eigenvalue weighted by atomic mass is 10.0. The van der Waals surface area contributed by atoms with Gasteiger partial charge in [0.05, 0.1) is 10.6 Å². The molecule has 9 heteroatoms. The van der Waals surface area contributed by atoms with Gasteiger partial charge in [-0.1, -0.05) is 17.7 Å². The van der Waals surface area contributed by atoms with Crippen molar-refractivity contribution in [3.63, 3.8) is 0 Å². The van der Waals surface area contributed by atoms with Crippen molar-refractivity contribution in [3.05, 3.63) is 52.7 Å². The molecule has 2 aromatic heterocycles. The Bertz CT molecular complexity index is 1050. The number of benzene rings is 1. The molecule has 1 fully saturated rings. The summed E-state index contributed by atoms with van der Waals surface area (Å²) >= 11 is 6.32. The van der Waals surface area contributed by atoms with Crippen LogP contribution >= 0.6 is 11.6 Å². The van der Waals surface area contributed by atoms with E-state index < -0.39 is 23.6 Å². The first-order valence-electron chi connectivity index (χ1n) is 7.71.